The van der Waals surface area contributed by atoms with Crippen LogP contribution in [0.25, 0.3) is 0 Å². The van der Waals surface area contributed by atoms with Crippen molar-refractivity contribution in [1.29, 1.82) is 0 Å². The Hall–Kier alpha value is -0.0638. The zero-order valence-corrected chi connectivity index (χ0v) is 15.8. The number of carboxylic acid groups (broad SMARTS) is 1. The second-order valence-electron chi connectivity index (χ2n) is 5.91. The first-order valence-electron chi connectivity index (χ1n) is 8.71. The van der Waals surface area contributed by atoms with Gasteiger partial charge in [-0.3, -0.25) is 4.79 Å². The molecule has 22 heavy (non-hydrogen) atoms. The average Bonchev–Trinajstić information content (AvgIpc) is 2.45. The number of aliphatic hydroxyl groups is 1. The second-order valence-corrected chi connectivity index (χ2v) is 5.91. The van der Waals surface area contributed by atoms with Gasteiger partial charge in [0, 0.05) is 6.42 Å². The molecule has 0 radical (unpaired) electrons. The van der Waals surface area contributed by atoms with Gasteiger partial charge in [-0.1, -0.05) is 64.0 Å². The number of aliphatic hydroxyl groups excluding tert-OH is 1. The summed E-state index contributed by atoms with van der Waals surface area (Å²) in [6.45, 7) is 2.20. The van der Waals surface area contributed by atoms with Crippen molar-refractivity contribution in [2.24, 2.45) is 0 Å². The van der Waals surface area contributed by atoms with Crippen molar-refractivity contribution in [1.82, 2.24) is 0 Å². The number of carbonyl (C=O) groups is 1. The van der Waals surface area contributed by atoms with E-state index >= 15 is 0 Å². The summed E-state index contributed by atoms with van der Waals surface area (Å²) in [5, 5.41) is 18.3. The van der Waals surface area contributed by atoms with Crippen LogP contribution in [0.4, 0.5) is 0 Å². The molecule has 3 nitrogen and oxygen atoms in total. The maximum absolute atomic E-state index is 10.3. The van der Waals surface area contributed by atoms with Crippen molar-refractivity contribution in [2.45, 2.75) is 96.5 Å². The van der Waals surface area contributed by atoms with E-state index in [-0.39, 0.29) is 32.0 Å². The van der Waals surface area contributed by atoms with Crippen LogP contribution in [0.3, 0.4) is 0 Å². The first-order valence-corrected chi connectivity index (χ1v) is 8.71. The van der Waals surface area contributed by atoms with E-state index < -0.39 is 5.97 Å². The molecule has 0 aromatic heterocycles. The molecule has 0 spiro atoms. The fourth-order valence-electron chi connectivity index (χ4n) is 2.36. The Labute approximate surface area is 155 Å². The van der Waals surface area contributed by atoms with Crippen LogP contribution in [0.5, 0.6) is 0 Å². The second kappa shape index (κ2) is 19.0. The zero-order chi connectivity index (χ0) is 15.8. The van der Waals surface area contributed by atoms with E-state index in [0.29, 0.717) is 6.42 Å². The maximum atomic E-state index is 10.3. The third-order valence-electron chi connectivity index (χ3n) is 3.73. The van der Waals surface area contributed by atoms with Crippen molar-refractivity contribution in [3.05, 3.63) is 12.2 Å². The van der Waals surface area contributed by atoms with E-state index in [4.69, 9.17) is 5.11 Å². The number of hydrogen-bond acceptors (Lipinski definition) is 2. The molecule has 0 aliphatic rings. The first kappa shape index (κ1) is 24.2. The quantitative estimate of drug-likeness (QED) is 0.255. The summed E-state index contributed by atoms with van der Waals surface area (Å²) in [6, 6.07) is 0. The monoisotopic (exact) mass is 324 g/mol. The third-order valence-corrected chi connectivity index (χ3v) is 3.73. The number of carboxylic acids is 1. The molecule has 0 amide bonds. The molecular formula is C18H36MgO3. The minimum absolute atomic E-state index is 0. The average molecular weight is 325 g/mol. The summed E-state index contributed by atoms with van der Waals surface area (Å²) < 4.78 is 0. The maximum Gasteiger partial charge on any atom is 2.00 e. The molecule has 0 saturated heterocycles. The summed E-state index contributed by atoms with van der Waals surface area (Å²) in [6.07, 6.45) is 17.4. The molecule has 1 atom stereocenters. The van der Waals surface area contributed by atoms with E-state index in [1.54, 1.807) is 0 Å². The Balaban J connectivity index is -0.000000667. The van der Waals surface area contributed by atoms with Crippen LogP contribution in [-0.4, -0.2) is 45.3 Å². The molecule has 0 saturated carbocycles. The zero-order valence-electron chi connectivity index (χ0n) is 16.4. The molecular weight excluding hydrogens is 288 g/mol. The molecule has 1 unspecified atom stereocenters. The number of unbranched alkanes of at least 4 members (excludes halogenated alkanes) is 8. The van der Waals surface area contributed by atoms with Crippen LogP contribution in [0.1, 0.15) is 93.2 Å². The summed E-state index contributed by atoms with van der Waals surface area (Å²) in [5.41, 5.74) is 0. The Morgan fingerprint density at radius 2 is 1.64 bits per heavy atom. The fraction of sp³-hybridized carbons (Fsp3) is 0.833. The van der Waals surface area contributed by atoms with Crippen LogP contribution >= 0.6 is 0 Å². The SMILES string of the molecule is CCCCCCC(O)C/C=C/CCCCCCCC(=O)O.[H-].[H-].[Mg+2]. The van der Waals surface area contributed by atoms with Gasteiger partial charge in [0.2, 0.25) is 0 Å². The van der Waals surface area contributed by atoms with Gasteiger partial charge in [-0.05, 0) is 32.1 Å². The van der Waals surface area contributed by atoms with Gasteiger partial charge in [0.15, 0.2) is 0 Å². The topological polar surface area (TPSA) is 57.5 Å². The summed E-state index contributed by atoms with van der Waals surface area (Å²) in [5.74, 6) is -0.689. The van der Waals surface area contributed by atoms with E-state index in [2.05, 4.69) is 19.1 Å². The van der Waals surface area contributed by atoms with Gasteiger partial charge in [-0.25, -0.2) is 0 Å². The molecule has 0 bridgehead atoms. The Morgan fingerprint density at radius 1 is 1.00 bits per heavy atom. The van der Waals surface area contributed by atoms with Gasteiger partial charge in [0.1, 0.15) is 0 Å². The van der Waals surface area contributed by atoms with Crippen molar-refractivity contribution < 1.29 is 17.9 Å². The molecule has 0 aromatic rings. The van der Waals surface area contributed by atoms with Crippen LogP contribution in [0, 0.1) is 0 Å². The van der Waals surface area contributed by atoms with Gasteiger partial charge < -0.3 is 13.1 Å². The summed E-state index contributed by atoms with van der Waals surface area (Å²) in [7, 11) is 0. The van der Waals surface area contributed by atoms with Crippen molar-refractivity contribution in [3.63, 3.8) is 0 Å². The predicted molar refractivity (Wildman–Crippen MR) is 96.5 cm³/mol. The standard InChI is InChI=1S/C18H34O3.Mg.2H/c1-2-3-4-11-14-17(19)15-12-9-7-5-6-8-10-13-16-18(20)21;;;/h9,12,17,19H,2-8,10-11,13-16H2,1H3,(H,20,21);;;/q;+2;2*-1/b12-9+;;;. The van der Waals surface area contributed by atoms with E-state index in [1.807, 2.05) is 0 Å². The molecule has 0 aliphatic carbocycles. The molecule has 4 heteroatoms. The van der Waals surface area contributed by atoms with E-state index in [0.717, 1.165) is 51.4 Å². The Morgan fingerprint density at radius 3 is 2.32 bits per heavy atom. The number of allylic oxidation sites excluding steroid dienone is 1. The smallest absolute Gasteiger partial charge is 1.00 e. The molecule has 0 aliphatic heterocycles. The Kier molecular flexibility index (Phi) is 20.9. The van der Waals surface area contributed by atoms with Crippen LogP contribution in [-0.2, 0) is 4.79 Å². The number of aliphatic carboxylic acids is 1. The van der Waals surface area contributed by atoms with Crippen LogP contribution < -0.4 is 0 Å². The summed E-state index contributed by atoms with van der Waals surface area (Å²) in [4.78, 5) is 10.3. The number of hydrogen-bond donors (Lipinski definition) is 2. The minimum atomic E-state index is -0.689. The van der Waals surface area contributed by atoms with Crippen LogP contribution in [0.15, 0.2) is 12.2 Å². The molecule has 0 rings (SSSR count). The van der Waals surface area contributed by atoms with Crippen molar-refractivity contribution in [2.75, 3.05) is 0 Å². The molecule has 128 valence electrons. The predicted octanol–water partition coefficient (Wildman–Crippen LogP) is 4.92. The van der Waals surface area contributed by atoms with Crippen LogP contribution in [0.2, 0.25) is 0 Å². The van der Waals surface area contributed by atoms with Gasteiger partial charge in [0.05, 0.1) is 6.10 Å². The van der Waals surface area contributed by atoms with Crippen molar-refractivity contribution in [3.8, 4) is 0 Å². The molecule has 0 heterocycles. The first-order chi connectivity index (χ1) is 10.2. The molecule has 2 N–H and O–H groups in total. The van der Waals surface area contributed by atoms with E-state index in [9.17, 15) is 9.90 Å². The molecule has 0 aromatic carbocycles. The van der Waals surface area contributed by atoms with Gasteiger partial charge >= 0.3 is 29.0 Å². The minimum Gasteiger partial charge on any atom is -1.00 e. The van der Waals surface area contributed by atoms with Crippen molar-refractivity contribution >= 4 is 29.0 Å². The molecule has 0 fully saturated rings. The van der Waals surface area contributed by atoms with Gasteiger partial charge in [0.25, 0.3) is 0 Å². The Bertz CT molecular complexity index is 277. The van der Waals surface area contributed by atoms with E-state index in [1.165, 1.54) is 25.7 Å². The number of rotatable bonds is 15. The fourth-order valence-corrected chi connectivity index (χ4v) is 2.36. The van der Waals surface area contributed by atoms with Gasteiger partial charge in [-0.2, -0.15) is 0 Å². The third kappa shape index (κ3) is 19.9. The summed E-state index contributed by atoms with van der Waals surface area (Å²) >= 11 is 0. The largest absolute Gasteiger partial charge is 2.00 e. The normalized spacial score (nSPS) is 12.3. The van der Waals surface area contributed by atoms with Gasteiger partial charge in [-0.15, -0.1) is 0 Å².